The molecule has 0 radical (unpaired) electrons. The van der Waals surface area contributed by atoms with Crippen molar-refractivity contribution in [3.63, 3.8) is 0 Å². The second kappa shape index (κ2) is 4.61. The van der Waals surface area contributed by atoms with Gasteiger partial charge in [-0.15, -0.1) is 0 Å². The SMILES string of the molecule is C[C@H](C(=O)CC(C)(C)C)c1ccccc1. The van der Waals surface area contributed by atoms with Gasteiger partial charge in [-0.05, 0) is 11.0 Å². The molecule has 1 rings (SSSR count). The lowest BCUT2D eigenvalue weighted by atomic mass is 9.84. The van der Waals surface area contributed by atoms with Crippen molar-refractivity contribution >= 4 is 5.78 Å². The van der Waals surface area contributed by atoms with E-state index in [2.05, 4.69) is 20.8 Å². The van der Waals surface area contributed by atoms with E-state index in [1.807, 2.05) is 37.3 Å². The molecule has 1 heteroatoms. The van der Waals surface area contributed by atoms with Crippen LogP contribution in [-0.2, 0) is 4.79 Å². The summed E-state index contributed by atoms with van der Waals surface area (Å²) >= 11 is 0. The Balaban J connectivity index is 2.70. The molecule has 1 nitrogen and oxygen atoms in total. The fourth-order valence-electron chi connectivity index (χ4n) is 1.60. The van der Waals surface area contributed by atoms with E-state index in [1.165, 1.54) is 0 Å². The van der Waals surface area contributed by atoms with Crippen LogP contribution in [-0.4, -0.2) is 5.78 Å². The molecular weight excluding hydrogens is 184 g/mol. The Bertz CT molecular complexity index is 319. The molecule has 1 aromatic rings. The molecule has 0 N–H and O–H groups in total. The summed E-state index contributed by atoms with van der Waals surface area (Å²) in [6.07, 6.45) is 0.642. The van der Waals surface area contributed by atoms with Crippen molar-refractivity contribution in [2.24, 2.45) is 5.41 Å². The molecule has 0 bridgehead atoms. The first-order valence-corrected chi connectivity index (χ1v) is 5.48. The van der Waals surface area contributed by atoms with Crippen molar-refractivity contribution in [3.8, 4) is 0 Å². The number of ketones is 1. The van der Waals surface area contributed by atoms with Crippen LogP contribution in [0, 0.1) is 5.41 Å². The minimum atomic E-state index is 0.0189. The number of Topliss-reactive ketones (excluding diaryl/α,β-unsaturated/α-hetero) is 1. The van der Waals surface area contributed by atoms with E-state index < -0.39 is 0 Å². The average molecular weight is 204 g/mol. The maximum atomic E-state index is 12.0. The van der Waals surface area contributed by atoms with Gasteiger partial charge in [-0.3, -0.25) is 4.79 Å². The minimum absolute atomic E-state index is 0.0189. The summed E-state index contributed by atoms with van der Waals surface area (Å²) in [5, 5.41) is 0. The molecule has 1 aromatic carbocycles. The number of carbonyl (C=O) groups excluding carboxylic acids is 1. The first-order valence-electron chi connectivity index (χ1n) is 5.48. The van der Waals surface area contributed by atoms with E-state index in [9.17, 15) is 4.79 Å². The summed E-state index contributed by atoms with van der Waals surface area (Å²) in [6.45, 7) is 8.29. The third-order valence-electron chi connectivity index (χ3n) is 2.49. The summed E-state index contributed by atoms with van der Waals surface area (Å²) in [6, 6.07) is 9.98. The molecule has 0 amide bonds. The molecule has 0 aliphatic heterocycles. The lowest BCUT2D eigenvalue weighted by Crippen LogP contribution is -2.17. The van der Waals surface area contributed by atoms with Crippen LogP contribution in [0.2, 0.25) is 0 Å². The first-order chi connectivity index (χ1) is 6.90. The third kappa shape index (κ3) is 3.86. The van der Waals surface area contributed by atoms with Crippen LogP contribution in [0.25, 0.3) is 0 Å². The Morgan fingerprint density at radius 1 is 1.20 bits per heavy atom. The largest absolute Gasteiger partial charge is 0.299 e. The highest BCUT2D eigenvalue weighted by atomic mass is 16.1. The third-order valence-corrected chi connectivity index (χ3v) is 2.49. The smallest absolute Gasteiger partial charge is 0.140 e. The molecular formula is C14H20O. The van der Waals surface area contributed by atoms with Crippen LogP contribution < -0.4 is 0 Å². The molecule has 0 aliphatic rings. The van der Waals surface area contributed by atoms with Gasteiger partial charge in [0, 0.05) is 12.3 Å². The van der Waals surface area contributed by atoms with E-state index >= 15 is 0 Å². The van der Waals surface area contributed by atoms with E-state index in [1.54, 1.807) is 0 Å². The standard InChI is InChI=1S/C14H20O/c1-11(12-8-6-5-7-9-12)13(15)10-14(2,3)4/h5-9,11H,10H2,1-4H3/t11-/m0/s1. The van der Waals surface area contributed by atoms with Gasteiger partial charge < -0.3 is 0 Å². The lowest BCUT2D eigenvalue weighted by molar-refractivity contribution is -0.121. The summed E-state index contributed by atoms with van der Waals surface area (Å²) in [5.41, 5.74) is 1.20. The monoisotopic (exact) mass is 204 g/mol. The van der Waals surface area contributed by atoms with E-state index in [4.69, 9.17) is 0 Å². The first kappa shape index (κ1) is 12.0. The lowest BCUT2D eigenvalue weighted by Gasteiger charge is -2.20. The van der Waals surface area contributed by atoms with Gasteiger partial charge in [0.15, 0.2) is 0 Å². The van der Waals surface area contributed by atoms with Crippen molar-refractivity contribution in [2.75, 3.05) is 0 Å². The van der Waals surface area contributed by atoms with Crippen molar-refractivity contribution in [1.29, 1.82) is 0 Å². The van der Waals surface area contributed by atoms with Gasteiger partial charge in [-0.2, -0.15) is 0 Å². The van der Waals surface area contributed by atoms with Crippen LogP contribution >= 0.6 is 0 Å². The van der Waals surface area contributed by atoms with Crippen LogP contribution in [0.1, 0.15) is 45.6 Å². The molecule has 0 aromatic heterocycles. The van der Waals surface area contributed by atoms with Gasteiger partial charge in [-0.25, -0.2) is 0 Å². The normalized spacial score (nSPS) is 13.6. The van der Waals surface area contributed by atoms with Gasteiger partial charge in [0.1, 0.15) is 5.78 Å². The Morgan fingerprint density at radius 2 is 1.73 bits per heavy atom. The highest BCUT2D eigenvalue weighted by Crippen LogP contribution is 2.25. The van der Waals surface area contributed by atoms with E-state index in [-0.39, 0.29) is 11.3 Å². The average Bonchev–Trinajstić information content (AvgIpc) is 2.15. The molecule has 0 aliphatic carbocycles. The van der Waals surface area contributed by atoms with Crippen LogP contribution in [0.5, 0.6) is 0 Å². The molecule has 1 atom stereocenters. The zero-order chi connectivity index (χ0) is 11.5. The van der Waals surface area contributed by atoms with E-state index in [0.717, 1.165) is 5.56 Å². The predicted octanol–water partition coefficient (Wildman–Crippen LogP) is 3.80. The Labute approximate surface area is 92.5 Å². The fourth-order valence-corrected chi connectivity index (χ4v) is 1.60. The predicted molar refractivity (Wildman–Crippen MR) is 63.9 cm³/mol. The van der Waals surface area contributed by atoms with Crippen molar-refractivity contribution < 1.29 is 4.79 Å². The molecule has 15 heavy (non-hydrogen) atoms. The summed E-state index contributed by atoms with van der Waals surface area (Å²) in [4.78, 5) is 12.0. The second-order valence-electron chi connectivity index (χ2n) is 5.34. The number of carbonyl (C=O) groups is 1. The molecule has 0 saturated carbocycles. The number of hydrogen-bond acceptors (Lipinski definition) is 1. The quantitative estimate of drug-likeness (QED) is 0.732. The van der Waals surface area contributed by atoms with Crippen molar-refractivity contribution in [1.82, 2.24) is 0 Å². The Kier molecular flexibility index (Phi) is 3.67. The Morgan fingerprint density at radius 3 is 2.20 bits per heavy atom. The highest BCUT2D eigenvalue weighted by molar-refractivity contribution is 5.85. The van der Waals surface area contributed by atoms with Gasteiger partial charge in [0.05, 0.1) is 0 Å². The van der Waals surface area contributed by atoms with Crippen molar-refractivity contribution in [3.05, 3.63) is 35.9 Å². The zero-order valence-corrected chi connectivity index (χ0v) is 10.1. The van der Waals surface area contributed by atoms with Gasteiger partial charge in [0.25, 0.3) is 0 Å². The zero-order valence-electron chi connectivity index (χ0n) is 10.1. The molecule has 82 valence electrons. The van der Waals surface area contributed by atoms with Gasteiger partial charge in [-0.1, -0.05) is 58.0 Å². The summed E-state index contributed by atoms with van der Waals surface area (Å²) < 4.78 is 0. The van der Waals surface area contributed by atoms with Gasteiger partial charge >= 0.3 is 0 Å². The maximum Gasteiger partial charge on any atom is 0.140 e. The summed E-state index contributed by atoms with van der Waals surface area (Å²) in [5.74, 6) is 0.346. The number of hydrogen-bond donors (Lipinski definition) is 0. The molecule has 0 unspecified atom stereocenters. The Hall–Kier alpha value is -1.11. The molecule has 0 spiro atoms. The number of rotatable bonds is 3. The van der Waals surface area contributed by atoms with Crippen LogP contribution in [0.4, 0.5) is 0 Å². The van der Waals surface area contributed by atoms with Crippen LogP contribution in [0.3, 0.4) is 0 Å². The second-order valence-corrected chi connectivity index (χ2v) is 5.34. The number of benzene rings is 1. The fraction of sp³-hybridized carbons (Fsp3) is 0.500. The van der Waals surface area contributed by atoms with E-state index in [0.29, 0.717) is 12.2 Å². The maximum absolute atomic E-state index is 12.0. The topological polar surface area (TPSA) is 17.1 Å². The summed E-state index contributed by atoms with van der Waals surface area (Å²) in [7, 11) is 0. The molecule has 0 saturated heterocycles. The van der Waals surface area contributed by atoms with Crippen LogP contribution in [0.15, 0.2) is 30.3 Å². The molecule has 0 fully saturated rings. The van der Waals surface area contributed by atoms with Crippen molar-refractivity contribution in [2.45, 2.75) is 40.0 Å². The minimum Gasteiger partial charge on any atom is -0.299 e. The highest BCUT2D eigenvalue weighted by Gasteiger charge is 2.21. The van der Waals surface area contributed by atoms with Gasteiger partial charge in [0.2, 0.25) is 0 Å². The molecule has 0 heterocycles.